The van der Waals surface area contributed by atoms with Gasteiger partial charge in [-0.25, -0.2) is 9.78 Å². The lowest BCUT2D eigenvalue weighted by Gasteiger charge is -2.49. The number of benzene rings is 1. The standard InChI is InChI=1S/C24H22N6O5S2/c1-12-7-13-5-3-4-6-14(13)8-29(12)9-15-10-36-22-18(21(32)30(22)19(15)23(33)34)27-20(31)17(28-35-2)16-11-37-24(25)26-16/h3-8,11,18,22H,9-10H2,1-2H3,(H3-,25,26,27,31,33,34)/p+1/b28-17-/t18?,22-/m1/s1. The number of carboxylic acids is 1. The maximum atomic E-state index is 13.1. The van der Waals surface area contributed by atoms with E-state index in [0.29, 0.717) is 17.9 Å². The van der Waals surface area contributed by atoms with Crippen LogP contribution in [-0.4, -0.2) is 62.8 Å². The number of aliphatic carboxylic acids is 1. The lowest BCUT2D eigenvalue weighted by Crippen LogP contribution is -2.71. The van der Waals surface area contributed by atoms with Gasteiger partial charge in [0.1, 0.15) is 29.9 Å². The highest BCUT2D eigenvalue weighted by atomic mass is 32.2. The Morgan fingerprint density at radius 3 is 2.78 bits per heavy atom. The Hall–Kier alpha value is -3.97. The van der Waals surface area contributed by atoms with Crippen LogP contribution < -0.4 is 15.6 Å². The third-order valence-electron chi connectivity index (χ3n) is 6.17. The molecule has 1 unspecified atom stereocenters. The minimum atomic E-state index is -1.18. The molecule has 4 N–H and O–H groups in total. The van der Waals surface area contributed by atoms with Crippen LogP contribution in [-0.2, 0) is 25.8 Å². The summed E-state index contributed by atoms with van der Waals surface area (Å²) in [6.45, 7) is 2.29. The fraction of sp³-hybridized carbons (Fsp3) is 0.250. The van der Waals surface area contributed by atoms with E-state index in [-0.39, 0.29) is 22.2 Å². The number of pyridine rings is 1. The average Bonchev–Trinajstić information content (AvgIpc) is 3.31. The van der Waals surface area contributed by atoms with E-state index >= 15 is 0 Å². The molecule has 13 heteroatoms. The number of amides is 2. The van der Waals surface area contributed by atoms with Crippen molar-refractivity contribution in [1.29, 1.82) is 0 Å². The molecule has 190 valence electrons. The number of carbonyl (C=O) groups is 3. The van der Waals surface area contributed by atoms with Gasteiger partial charge in [-0.3, -0.25) is 14.5 Å². The molecule has 0 radical (unpaired) electrons. The number of hydrogen-bond acceptors (Lipinski definition) is 9. The van der Waals surface area contributed by atoms with E-state index in [1.807, 2.05) is 48.0 Å². The van der Waals surface area contributed by atoms with Gasteiger partial charge in [0.15, 0.2) is 29.3 Å². The molecule has 5 rings (SSSR count). The molecule has 1 aromatic carbocycles. The Morgan fingerprint density at radius 1 is 1.35 bits per heavy atom. The Balaban J connectivity index is 1.38. The van der Waals surface area contributed by atoms with Gasteiger partial charge in [-0.05, 0) is 11.5 Å². The molecule has 4 heterocycles. The second-order valence-corrected chi connectivity index (χ2v) is 10.5. The zero-order chi connectivity index (χ0) is 26.3. The van der Waals surface area contributed by atoms with Gasteiger partial charge in [0.2, 0.25) is 0 Å². The van der Waals surface area contributed by atoms with Gasteiger partial charge in [0.05, 0.1) is 0 Å². The molecule has 2 amide bonds. The van der Waals surface area contributed by atoms with Gasteiger partial charge < -0.3 is 21.0 Å². The normalized spacial score (nSPS) is 19.5. The third-order valence-corrected chi connectivity index (χ3v) is 8.18. The minimum Gasteiger partial charge on any atom is -0.477 e. The van der Waals surface area contributed by atoms with Crippen LogP contribution in [0.25, 0.3) is 10.8 Å². The number of rotatable bonds is 7. The smallest absolute Gasteiger partial charge is 0.352 e. The van der Waals surface area contributed by atoms with Crippen molar-refractivity contribution in [3.63, 3.8) is 0 Å². The molecule has 37 heavy (non-hydrogen) atoms. The maximum absolute atomic E-state index is 13.1. The number of nitrogen functional groups attached to an aromatic ring is 1. The SMILES string of the molecule is CO/N=C(\C(=O)NC1C(=O)N2C(C(=O)O)=C(C[n+]3cc4ccccc4cc3C)CS[C@H]12)c1csc(N)n1. The number of carboxylic acid groups (broad SMARTS) is 1. The molecule has 1 fully saturated rings. The zero-order valence-electron chi connectivity index (χ0n) is 19.9. The van der Waals surface area contributed by atoms with Crippen LogP contribution >= 0.6 is 23.1 Å². The molecular formula is C24H23N6O5S2+. The Morgan fingerprint density at radius 2 is 2.11 bits per heavy atom. The molecule has 0 saturated carbocycles. The van der Waals surface area contributed by atoms with Crippen molar-refractivity contribution in [2.45, 2.75) is 24.9 Å². The van der Waals surface area contributed by atoms with Crippen molar-refractivity contribution in [2.75, 3.05) is 18.6 Å². The van der Waals surface area contributed by atoms with E-state index in [2.05, 4.69) is 15.5 Å². The fourth-order valence-electron chi connectivity index (χ4n) is 4.42. The van der Waals surface area contributed by atoms with Crippen LogP contribution in [0, 0.1) is 6.92 Å². The van der Waals surface area contributed by atoms with Crippen LogP contribution in [0.15, 0.2) is 58.3 Å². The summed E-state index contributed by atoms with van der Waals surface area (Å²) in [5, 5.41) is 19.8. The average molecular weight is 540 g/mol. The topological polar surface area (TPSA) is 151 Å². The van der Waals surface area contributed by atoms with Crippen LogP contribution in [0.4, 0.5) is 5.13 Å². The highest BCUT2D eigenvalue weighted by Gasteiger charge is 2.54. The first-order valence-electron chi connectivity index (χ1n) is 11.2. The van der Waals surface area contributed by atoms with E-state index < -0.39 is 29.2 Å². The summed E-state index contributed by atoms with van der Waals surface area (Å²) in [5.74, 6) is -1.96. The van der Waals surface area contributed by atoms with E-state index in [1.54, 1.807) is 5.38 Å². The molecule has 1 saturated heterocycles. The molecule has 0 bridgehead atoms. The lowest BCUT2D eigenvalue weighted by molar-refractivity contribution is -0.693. The van der Waals surface area contributed by atoms with Crippen molar-refractivity contribution in [2.24, 2.45) is 5.16 Å². The number of aryl methyl sites for hydroxylation is 1. The number of carbonyl (C=O) groups excluding carboxylic acids is 2. The molecule has 0 aliphatic carbocycles. The first-order valence-corrected chi connectivity index (χ1v) is 13.1. The number of hydrogen-bond donors (Lipinski definition) is 3. The lowest BCUT2D eigenvalue weighted by atomic mass is 10.0. The number of oxime groups is 1. The molecule has 2 atom stereocenters. The minimum absolute atomic E-state index is 0.0441. The number of thiazole rings is 1. The summed E-state index contributed by atoms with van der Waals surface area (Å²) in [5.41, 5.74) is 7.30. The number of nitrogens with one attached hydrogen (secondary N) is 1. The molecule has 2 aliphatic heterocycles. The number of nitrogens with two attached hydrogens (primary N) is 1. The summed E-state index contributed by atoms with van der Waals surface area (Å²) in [7, 11) is 1.29. The fourth-order valence-corrected chi connectivity index (χ4v) is 6.30. The molecule has 2 aliphatic rings. The highest BCUT2D eigenvalue weighted by Crippen LogP contribution is 2.40. The van der Waals surface area contributed by atoms with E-state index in [0.717, 1.165) is 27.8 Å². The summed E-state index contributed by atoms with van der Waals surface area (Å²) >= 11 is 2.54. The second-order valence-electron chi connectivity index (χ2n) is 8.48. The van der Waals surface area contributed by atoms with Crippen LogP contribution in [0.3, 0.4) is 0 Å². The van der Waals surface area contributed by atoms with Gasteiger partial charge in [0, 0.05) is 35.1 Å². The van der Waals surface area contributed by atoms with Gasteiger partial charge in [-0.15, -0.1) is 23.1 Å². The number of nitrogens with zero attached hydrogens (tertiary/aromatic N) is 4. The van der Waals surface area contributed by atoms with E-state index in [1.165, 1.54) is 23.8 Å². The molecule has 2 aromatic heterocycles. The summed E-state index contributed by atoms with van der Waals surface area (Å²) in [4.78, 5) is 48.4. The number of anilines is 1. The van der Waals surface area contributed by atoms with Crippen LogP contribution in [0.2, 0.25) is 0 Å². The van der Waals surface area contributed by atoms with Gasteiger partial charge in [0.25, 0.3) is 11.8 Å². The number of fused-ring (bicyclic) bond motifs is 2. The third kappa shape index (κ3) is 4.51. The first-order chi connectivity index (χ1) is 17.8. The van der Waals surface area contributed by atoms with Crippen molar-refractivity contribution in [3.05, 3.63) is 64.6 Å². The number of aromatic nitrogens is 2. The largest absolute Gasteiger partial charge is 0.477 e. The molecule has 0 spiro atoms. The predicted molar refractivity (Wildman–Crippen MR) is 139 cm³/mol. The van der Waals surface area contributed by atoms with Crippen LogP contribution in [0.5, 0.6) is 0 Å². The second kappa shape index (κ2) is 9.82. The van der Waals surface area contributed by atoms with E-state index in [9.17, 15) is 19.5 Å². The quantitative estimate of drug-likeness (QED) is 0.176. The summed E-state index contributed by atoms with van der Waals surface area (Å²) < 4.78 is 1.98. The summed E-state index contributed by atoms with van der Waals surface area (Å²) in [6.07, 6.45) is 1.98. The summed E-state index contributed by atoms with van der Waals surface area (Å²) in [6, 6.07) is 9.07. The van der Waals surface area contributed by atoms with Gasteiger partial charge >= 0.3 is 5.97 Å². The molecule has 3 aromatic rings. The first kappa shape index (κ1) is 24.7. The number of thioether (sulfide) groups is 1. The highest BCUT2D eigenvalue weighted by molar-refractivity contribution is 8.00. The monoisotopic (exact) mass is 539 g/mol. The van der Waals surface area contributed by atoms with Gasteiger partial charge in [-0.1, -0.05) is 23.4 Å². The Kier molecular flexibility index (Phi) is 6.56. The Labute approximate surface area is 219 Å². The molecule has 11 nitrogen and oxygen atoms in total. The van der Waals surface area contributed by atoms with Gasteiger partial charge in [-0.2, -0.15) is 4.57 Å². The zero-order valence-corrected chi connectivity index (χ0v) is 21.5. The van der Waals surface area contributed by atoms with Crippen molar-refractivity contribution in [3.8, 4) is 0 Å². The van der Waals surface area contributed by atoms with Crippen molar-refractivity contribution < 1.29 is 28.9 Å². The number of β-lactam (4-membered cyclic amide) rings is 1. The van der Waals surface area contributed by atoms with E-state index in [4.69, 9.17) is 10.6 Å². The van der Waals surface area contributed by atoms with Crippen molar-refractivity contribution in [1.82, 2.24) is 15.2 Å². The molecular weight excluding hydrogens is 516 g/mol. The van der Waals surface area contributed by atoms with Crippen molar-refractivity contribution >= 4 is 62.5 Å². The predicted octanol–water partition coefficient (Wildman–Crippen LogP) is 1.26. The van der Waals surface area contributed by atoms with Crippen LogP contribution in [0.1, 0.15) is 11.4 Å². The maximum Gasteiger partial charge on any atom is 0.352 e. The Bertz CT molecular complexity index is 1500.